The lowest BCUT2D eigenvalue weighted by molar-refractivity contribution is -0.129. The molecule has 0 saturated carbocycles. The number of methoxy groups -OCH3 is 1. The van der Waals surface area contributed by atoms with Gasteiger partial charge >= 0.3 is 0 Å². The van der Waals surface area contributed by atoms with Gasteiger partial charge in [0.25, 0.3) is 5.91 Å². The summed E-state index contributed by atoms with van der Waals surface area (Å²) in [6, 6.07) is 16.4. The zero-order chi connectivity index (χ0) is 21.5. The Morgan fingerprint density at radius 3 is 2.57 bits per heavy atom. The van der Waals surface area contributed by atoms with E-state index in [1.54, 1.807) is 13.2 Å². The summed E-state index contributed by atoms with van der Waals surface area (Å²) < 4.78 is 5.46. The molecule has 8 heteroatoms. The Labute approximate surface area is 184 Å². The van der Waals surface area contributed by atoms with E-state index < -0.39 is 6.04 Å². The Kier molecular flexibility index (Phi) is 7.62. The number of aliphatic hydroxyl groups excluding tert-OH is 1. The minimum absolute atomic E-state index is 0.185. The summed E-state index contributed by atoms with van der Waals surface area (Å²) in [5.74, 6) is 0.0527. The number of aliphatic hydroxyl groups is 1. The molecule has 1 atom stereocenters. The van der Waals surface area contributed by atoms with E-state index in [0.717, 1.165) is 28.6 Å². The van der Waals surface area contributed by atoms with E-state index in [9.17, 15) is 14.7 Å². The molecule has 3 rings (SSSR count). The highest BCUT2D eigenvalue weighted by molar-refractivity contribution is 8.26. The molecule has 0 bridgehead atoms. The van der Waals surface area contributed by atoms with Gasteiger partial charge in [0.15, 0.2) is 0 Å². The number of benzene rings is 2. The fraction of sp³-hybridized carbons (Fsp3) is 0.227. The molecule has 1 saturated heterocycles. The van der Waals surface area contributed by atoms with E-state index in [4.69, 9.17) is 17.0 Å². The van der Waals surface area contributed by atoms with Crippen molar-refractivity contribution in [3.05, 3.63) is 70.6 Å². The van der Waals surface area contributed by atoms with Crippen LogP contribution in [0, 0.1) is 0 Å². The van der Waals surface area contributed by atoms with Crippen LogP contribution in [-0.2, 0) is 16.0 Å². The van der Waals surface area contributed by atoms with Crippen LogP contribution in [-0.4, -0.2) is 52.4 Å². The minimum Gasteiger partial charge on any atom is -0.497 e. The maximum Gasteiger partial charge on any atom is 0.266 e. The van der Waals surface area contributed by atoms with Crippen molar-refractivity contribution in [3.8, 4) is 5.75 Å². The molecule has 2 aromatic carbocycles. The van der Waals surface area contributed by atoms with Gasteiger partial charge in [-0.15, -0.1) is 0 Å². The second-order valence-corrected chi connectivity index (χ2v) is 8.35. The molecule has 156 valence electrons. The van der Waals surface area contributed by atoms with Gasteiger partial charge in [0.2, 0.25) is 5.91 Å². The van der Waals surface area contributed by atoms with Gasteiger partial charge in [-0.25, -0.2) is 0 Å². The summed E-state index contributed by atoms with van der Waals surface area (Å²) in [7, 11) is 1.59. The maximum absolute atomic E-state index is 12.7. The van der Waals surface area contributed by atoms with Crippen molar-refractivity contribution in [1.82, 2.24) is 10.2 Å². The van der Waals surface area contributed by atoms with E-state index in [2.05, 4.69) is 5.32 Å². The van der Waals surface area contributed by atoms with Crippen LogP contribution in [0.5, 0.6) is 5.75 Å². The third-order valence-electron chi connectivity index (χ3n) is 4.50. The number of hydrogen-bond acceptors (Lipinski definition) is 6. The molecule has 1 fully saturated rings. The van der Waals surface area contributed by atoms with Crippen molar-refractivity contribution in [3.63, 3.8) is 0 Å². The zero-order valence-corrected chi connectivity index (χ0v) is 18.0. The molecule has 2 aromatic rings. The lowest BCUT2D eigenvalue weighted by Gasteiger charge is -2.19. The topological polar surface area (TPSA) is 78.9 Å². The third-order valence-corrected chi connectivity index (χ3v) is 5.88. The number of carbonyl (C=O) groups excluding carboxylic acids is 2. The van der Waals surface area contributed by atoms with E-state index in [1.165, 1.54) is 4.90 Å². The van der Waals surface area contributed by atoms with Gasteiger partial charge in [0.05, 0.1) is 24.7 Å². The second kappa shape index (κ2) is 10.4. The Morgan fingerprint density at radius 1 is 1.23 bits per heavy atom. The van der Waals surface area contributed by atoms with Gasteiger partial charge in [-0.3, -0.25) is 14.5 Å². The molecule has 0 aliphatic carbocycles. The van der Waals surface area contributed by atoms with Crippen molar-refractivity contribution < 1.29 is 19.4 Å². The number of ether oxygens (including phenoxy) is 1. The maximum atomic E-state index is 12.7. The molecule has 2 N–H and O–H groups in total. The quantitative estimate of drug-likeness (QED) is 0.483. The first-order chi connectivity index (χ1) is 14.5. The van der Waals surface area contributed by atoms with Gasteiger partial charge in [0, 0.05) is 0 Å². The van der Waals surface area contributed by atoms with Gasteiger partial charge in [-0.05, 0) is 35.8 Å². The first-order valence-electron chi connectivity index (χ1n) is 9.33. The molecule has 6 nitrogen and oxygen atoms in total. The first-order valence-corrected chi connectivity index (χ1v) is 10.6. The van der Waals surface area contributed by atoms with Crippen LogP contribution in [0.15, 0.2) is 59.5 Å². The first kappa shape index (κ1) is 22.0. The number of nitrogens with zero attached hydrogens (tertiary/aromatic N) is 1. The summed E-state index contributed by atoms with van der Waals surface area (Å²) in [6.45, 7) is -0.383. The van der Waals surface area contributed by atoms with E-state index in [0.29, 0.717) is 15.6 Å². The number of carbonyl (C=O) groups is 2. The molecule has 0 radical (unpaired) electrons. The number of nitrogens with one attached hydrogen (secondary N) is 1. The van der Waals surface area contributed by atoms with Crippen LogP contribution < -0.4 is 10.1 Å². The summed E-state index contributed by atoms with van der Waals surface area (Å²) in [5, 5.41) is 12.4. The molecule has 2 amide bonds. The average Bonchev–Trinajstić information content (AvgIpc) is 3.01. The third kappa shape index (κ3) is 5.69. The van der Waals surface area contributed by atoms with Crippen molar-refractivity contribution in [2.24, 2.45) is 0 Å². The Morgan fingerprint density at radius 2 is 1.93 bits per heavy atom. The monoisotopic (exact) mass is 442 g/mol. The number of rotatable bonds is 8. The number of amides is 2. The van der Waals surface area contributed by atoms with Gasteiger partial charge in [-0.1, -0.05) is 66.4 Å². The zero-order valence-electron chi connectivity index (χ0n) is 16.4. The Bertz CT molecular complexity index is 945. The molecule has 0 unspecified atom stereocenters. The smallest absolute Gasteiger partial charge is 0.266 e. The average molecular weight is 443 g/mol. The van der Waals surface area contributed by atoms with Crippen molar-refractivity contribution in [1.29, 1.82) is 0 Å². The fourth-order valence-corrected chi connectivity index (χ4v) is 4.22. The van der Waals surface area contributed by atoms with Gasteiger partial charge in [0.1, 0.15) is 16.6 Å². The SMILES string of the molecule is COc1ccc(/C=C2\SC(=S)N(CC(=O)N[C@@H](CO)Cc3ccccc3)C2=O)cc1. The van der Waals surface area contributed by atoms with Crippen LogP contribution in [0.25, 0.3) is 6.08 Å². The highest BCUT2D eigenvalue weighted by atomic mass is 32.2. The van der Waals surface area contributed by atoms with Crippen LogP contribution >= 0.6 is 24.0 Å². The van der Waals surface area contributed by atoms with Crippen molar-refractivity contribution in [2.45, 2.75) is 12.5 Å². The van der Waals surface area contributed by atoms with Gasteiger partial charge < -0.3 is 15.2 Å². The predicted octanol–water partition coefficient (Wildman–Crippen LogP) is 2.62. The highest BCUT2D eigenvalue weighted by Crippen LogP contribution is 2.32. The van der Waals surface area contributed by atoms with E-state index in [1.807, 2.05) is 54.6 Å². The minimum atomic E-state index is -0.437. The second-order valence-electron chi connectivity index (χ2n) is 6.68. The van der Waals surface area contributed by atoms with Crippen molar-refractivity contribution >= 4 is 46.2 Å². The van der Waals surface area contributed by atoms with E-state index in [-0.39, 0.29) is 25.0 Å². The molecule has 0 aromatic heterocycles. The van der Waals surface area contributed by atoms with Crippen LogP contribution in [0.3, 0.4) is 0 Å². The summed E-state index contributed by atoms with van der Waals surface area (Å²) in [6.07, 6.45) is 2.24. The Balaban J connectivity index is 1.61. The van der Waals surface area contributed by atoms with Crippen LogP contribution in [0.1, 0.15) is 11.1 Å². The van der Waals surface area contributed by atoms with Crippen LogP contribution in [0.2, 0.25) is 0 Å². The standard InChI is InChI=1S/C22H22N2O4S2/c1-28-18-9-7-16(8-10-18)12-19-21(27)24(22(29)30-19)13-20(26)23-17(14-25)11-15-5-3-2-4-6-15/h2-10,12,17,25H,11,13-14H2,1H3,(H,23,26)/b19-12-/t17-/m1/s1. The molecule has 30 heavy (non-hydrogen) atoms. The van der Waals surface area contributed by atoms with Gasteiger partial charge in [-0.2, -0.15) is 0 Å². The normalized spacial score (nSPS) is 16.1. The predicted molar refractivity (Wildman–Crippen MR) is 122 cm³/mol. The molecule has 0 spiro atoms. The lowest BCUT2D eigenvalue weighted by atomic mass is 10.1. The molecular formula is C22H22N2O4S2. The fourth-order valence-electron chi connectivity index (χ4n) is 2.96. The largest absolute Gasteiger partial charge is 0.497 e. The molecular weight excluding hydrogens is 420 g/mol. The number of hydrogen-bond donors (Lipinski definition) is 2. The number of thioether (sulfide) groups is 1. The highest BCUT2D eigenvalue weighted by Gasteiger charge is 2.33. The summed E-state index contributed by atoms with van der Waals surface area (Å²) in [4.78, 5) is 26.9. The lowest BCUT2D eigenvalue weighted by Crippen LogP contribution is -2.45. The number of thiocarbonyl (C=S) groups is 1. The summed E-state index contributed by atoms with van der Waals surface area (Å²) >= 11 is 6.46. The molecule has 1 aliphatic heterocycles. The summed E-state index contributed by atoms with van der Waals surface area (Å²) in [5.41, 5.74) is 1.84. The van der Waals surface area contributed by atoms with Crippen LogP contribution in [0.4, 0.5) is 0 Å². The Hall–Kier alpha value is -2.68. The van der Waals surface area contributed by atoms with E-state index >= 15 is 0 Å². The molecule has 1 aliphatic rings. The molecule has 1 heterocycles. The van der Waals surface area contributed by atoms with Crippen molar-refractivity contribution in [2.75, 3.05) is 20.3 Å².